The Bertz CT molecular complexity index is 697. The lowest BCUT2D eigenvalue weighted by Gasteiger charge is -2.30. The molecule has 1 aliphatic heterocycles. The lowest BCUT2D eigenvalue weighted by Crippen LogP contribution is -2.41. The number of thiophene rings is 1. The molecule has 1 N–H and O–H groups in total. The third kappa shape index (κ3) is 2.50. The van der Waals surface area contributed by atoms with Crippen LogP contribution < -0.4 is 15.0 Å². The highest BCUT2D eigenvalue weighted by Gasteiger charge is 2.29. The number of benzene rings is 1. The molecule has 0 fully saturated rings. The predicted octanol–water partition coefficient (Wildman–Crippen LogP) is 2.74. The zero-order valence-corrected chi connectivity index (χ0v) is 12.4. The van der Waals surface area contributed by atoms with E-state index in [-0.39, 0.29) is 11.8 Å². The van der Waals surface area contributed by atoms with Gasteiger partial charge in [-0.15, -0.1) is 11.3 Å². The third-order valence-corrected chi connectivity index (χ3v) is 4.17. The molecular formula is C15H14N2O3S. The van der Waals surface area contributed by atoms with E-state index < -0.39 is 6.10 Å². The molecule has 1 aromatic heterocycles. The Hall–Kier alpha value is -2.34. The third-order valence-electron chi connectivity index (χ3n) is 3.31. The molecule has 0 spiro atoms. The summed E-state index contributed by atoms with van der Waals surface area (Å²) < 4.78 is 5.54. The SMILES string of the molecule is C[C@H]1Oc2ccc(NC(=O)c3cccs3)cc2N(C)C1=O. The summed E-state index contributed by atoms with van der Waals surface area (Å²) in [4.78, 5) is 26.1. The second-order valence-corrected chi connectivity index (χ2v) is 5.72. The van der Waals surface area contributed by atoms with Crippen LogP contribution in [-0.2, 0) is 4.79 Å². The van der Waals surface area contributed by atoms with Crippen molar-refractivity contribution in [2.24, 2.45) is 0 Å². The molecule has 6 heteroatoms. The van der Waals surface area contributed by atoms with E-state index in [9.17, 15) is 9.59 Å². The van der Waals surface area contributed by atoms with Crippen molar-refractivity contribution >= 4 is 34.5 Å². The van der Waals surface area contributed by atoms with Crippen LogP contribution in [0.2, 0.25) is 0 Å². The number of nitrogens with one attached hydrogen (secondary N) is 1. The van der Waals surface area contributed by atoms with Crippen LogP contribution in [0.3, 0.4) is 0 Å². The monoisotopic (exact) mass is 302 g/mol. The van der Waals surface area contributed by atoms with E-state index in [4.69, 9.17) is 4.74 Å². The minimum atomic E-state index is -0.492. The molecule has 2 heterocycles. The molecule has 0 saturated heterocycles. The number of ether oxygens (including phenoxy) is 1. The van der Waals surface area contributed by atoms with Crippen LogP contribution in [0, 0.1) is 0 Å². The first kappa shape index (κ1) is 13.6. The Morgan fingerprint density at radius 2 is 2.19 bits per heavy atom. The molecule has 0 aliphatic carbocycles. The molecule has 21 heavy (non-hydrogen) atoms. The molecular weight excluding hydrogens is 288 g/mol. The Morgan fingerprint density at radius 3 is 2.90 bits per heavy atom. The number of nitrogens with zero attached hydrogens (tertiary/aromatic N) is 1. The van der Waals surface area contributed by atoms with Crippen molar-refractivity contribution in [2.45, 2.75) is 13.0 Å². The van der Waals surface area contributed by atoms with Crippen molar-refractivity contribution in [3.63, 3.8) is 0 Å². The smallest absolute Gasteiger partial charge is 0.267 e. The van der Waals surface area contributed by atoms with Crippen molar-refractivity contribution in [1.29, 1.82) is 0 Å². The first-order valence-electron chi connectivity index (χ1n) is 6.49. The van der Waals surface area contributed by atoms with Crippen molar-refractivity contribution < 1.29 is 14.3 Å². The number of anilines is 2. The maximum atomic E-state index is 12.0. The highest BCUT2D eigenvalue weighted by atomic mass is 32.1. The maximum Gasteiger partial charge on any atom is 0.267 e. The average Bonchev–Trinajstić information content (AvgIpc) is 3.00. The summed E-state index contributed by atoms with van der Waals surface area (Å²) in [6.45, 7) is 1.72. The van der Waals surface area contributed by atoms with Gasteiger partial charge in [-0.1, -0.05) is 6.07 Å². The van der Waals surface area contributed by atoms with Gasteiger partial charge in [-0.2, -0.15) is 0 Å². The van der Waals surface area contributed by atoms with Gasteiger partial charge in [-0.25, -0.2) is 0 Å². The summed E-state index contributed by atoms with van der Waals surface area (Å²) in [5, 5.41) is 4.67. The number of fused-ring (bicyclic) bond motifs is 1. The molecule has 0 radical (unpaired) electrons. The van der Waals surface area contributed by atoms with Gasteiger partial charge in [0.25, 0.3) is 11.8 Å². The van der Waals surface area contributed by atoms with E-state index in [0.29, 0.717) is 22.0 Å². The van der Waals surface area contributed by atoms with Gasteiger partial charge < -0.3 is 15.0 Å². The van der Waals surface area contributed by atoms with Crippen molar-refractivity contribution in [1.82, 2.24) is 0 Å². The number of rotatable bonds is 2. The highest BCUT2D eigenvalue weighted by molar-refractivity contribution is 7.12. The molecule has 0 saturated carbocycles. The number of hydrogen-bond acceptors (Lipinski definition) is 4. The summed E-state index contributed by atoms with van der Waals surface area (Å²) in [5.41, 5.74) is 1.28. The summed E-state index contributed by atoms with van der Waals surface area (Å²) >= 11 is 1.38. The summed E-state index contributed by atoms with van der Waals surface area (Å²) in [6, 6.07) is 8.86. The minimum Gasteiger partial charge on any atom is -0.479 e. The molecule has 1 atom stereocenters. The fourth-order valence-corrected chi connectivity index (χ4v) is 2.81. The Balaban J connectivity index is 1.86. The van der Waals surface area contributed by atoms with Gasteiger partial charge in [0.2, 0.25) is 0 Å². The summed E-state index contributed by atoms with van der Waals surface area (Å²) in [7, 11) is 1.70. The molecule has 2 amide bonds. The molecule has 5 nitrogen and oxygen atoms in total. The minimum absolute atomic E-state index is 0.107. The molecule has 2 aromatic rings. The molecule has 1 aromatic carbocycles. The van der Waals surface area contributed by atoms with Gasteiger partial charge in [0, 0.05) is 12.7 Å². The fourth-order valence-electron chi connectivity index (χ4n) is 2.19. The number of amides is 2. The second kappa shape index (κ2) is 5.21. The lowest BCUT2D eigenvalue weighted by molar-refractivity contribution is -0.125. The molecule has 3 rings (SSSR count). The zero-order valence-electron chi connectivity index (χ0n) is 11.6. The Morgan fingerprint density at radius 1 is 1.38 bits per heavy atom. The van der Waals surface area contributed by atoms with E-state index in [1.807, 2.05) is 11.4 Å². The maximum absolute atomic E-state index is 12.0. The van der Waals surface area contributed by atoms with E-state index in [0.717, 1.165) is 0 Å². The van der Waals surface area contributed by atoms with Gasteiger partial charge in [-0.05, 0) is 36.6 Å². The fraction of sp³-hybridized carbons (Fsp3) is 0.200. The molecule has 0 unspecified atom stereocenters. The molecule has 1 aliphatic rings. The van der Waals surface area contributed by atoms with Crippen LogP contribution in [0.4, 0.5) is 11.4 Å². The Labute approximate surface area is 126 Å². The Kier molecular flexibility index (Phi) is 3.39. The summed E-state index contributed by atoms with van der Waals surface area (Å²) in [6.07, 6.45) is -0.492. The van der Waals surface area contributed by atoms with Crippen molar-refractivity contribution in [3.8, 4) is 5.75 Å². The predicted molar refractivity (Wildman–Crippen MR) is 82.2 cm³/mol. The summed E-state index contributed by atoms with van der Waals surface area (Å²) in [5.74, 6) is 0.368. The van der Waals surface area contributed by atoms with E-state index >= 15 is 0 Å². The van der Waals surface area contributed by atoms with Crippen LogP contribution in [0.5, 0.6) is 5.75 Å². The van der Waals surface area contributed by atoms with Gasteiger partial charge in [0.05, 0.1) is 10.6 Å². The van der Waals surface area contributed by atoms with Gasteiger partial charge >= 0.3 is 0 Å². The van der Waals surface area contributed by atoms with Gasteiger partial charge in [-0.3, -0.25) is 9.59 Å². The first-order chi connectivity index (χ1) is 10.1. The number of hydrogen-bond donors (Lipinski definition) is 1. The molecule has 108 valence electrons. The van der Waals surface area contributed by atoms with Crippen molar-refractivity contribution in [2.75, 3.05) is 17.3 Å². The second-order valence-electron chi connectivity index (χ2n) is 4.77. The number of carbonyl (C=O) groups excluding carboxylic acids is 2. The number of likely N-dealkylation sites (N-methyl/N-ethyl adjacent to an activating group) is 1. The zero-order chi connectivity index (χ0) is 15.0. The van der Waals surface area contributed by atoms with E-state index in [1.165, 1.54) is 11.3 Å². The van der Waals surface area contributed by atoms with Crippen LogP contribution in [-0.4, -0.2) is 25.0 Å². The standard InChI is InChI=1S/C15H14N2O3S/c1-9-15(19)17(2)11-8-10(5-6-12(11)20-9)16-14(18)13-4-3-7-21-13/h3-9H,1-2H3,(H,16,18)/t9-/m1/s1. The van der Waals surface area contributed by atoms with Crippen LogP contribution in [0.25, 0.3) is 0 Å². The topological polar surface area (TPSA) is 58.6 Å². The van der Waals surface area contributed by atoms with Crippen LogP contribution >= 0.6 is 11.3 Å². The van der Waals surface area contributed by atoms with E-state index in [2.05, 4.69) is 5.32 Å². The van der Waals surface area contributed by atoms with Gasteiger partial charge in [0.15, 0.2) is 6.10 Å². The lowest BCUT2D eigenvalue weighted by atomic mass is 10.2. The van der Waals surface area contributed by atoms with Crippen LogP contribution in [0.1, 0.15) is 16.6 Å². The first-order valence-corrected chi connectivity index (χ1v) is 7.37. The molecule has 0 bridgehead atoms. The highest BCUT2D eigenvalue weighted by Crippen LogP contribution is 2.35. The normalized spacial score (nSPS) is 17.1. The van der Waals surface area contributed by atoms with Crippen molar-refractivity contribution in [3.05, 3.63) is 40.6 Å². The van der Waals surface area contributed by atoms with Gasteiger partial charge in [0.1, 0.15) is 5.75 Å². The largest absolute Gasteiger partial charge is 0.479 e. The quantitative estimate of drug-likeness (QED) is 0.928. The number of carbonyl (C=O) groups is 2. The average molecular weight is 302 g/mol. The van der Waals surface area contributed by atoms with E-state index in [1.54, 1.807) is 43.1 Å². The van der Waals surface area contributed by atoms with Crippen LogP contribution in [0.15, 0.2) is 35.7 Å².